The minimum absolute atomic E-state index is 0.00444. The molecule has 0 saturated carbocycles. The van der Waals surface area contributed by atoms with Gasteiger partial charge >= 0.3 is 7.82 Å². The summed E-state index contributed by atoms with van der Waals surface area (Å²) in [5.41, 5.74) is 10.2. The molecule has 0 amide bonds. The fraction of sp³-hybridized carbons (Fsp3) is 1.00. The van der Waals surface area contributed by atoms with Crippen molar-refractivity contribution in [1.82, 2.24) is 0 Å². The number of alkyl halides is 2. The molecule has 0 heterocycles. The van der Waals surface area contributed by atoms with Crippen LogP contribution in [-0.2, 0) is 9.09 Å². The molecule has 0 spiro atoms. The van der Waals surface area contributed by atoms with Gasteiger partial charge in [0.05, 0.1) is 6.61 Å². The third-order valence-corrected chi connectivity index (χ3v) is 3.31. The van der Waals surface area contributed by atoms with Gasteiger partial charge in [-0.15, -0.1) is 0 Å². The second-order valence-corrected chi connectivity index (χ2v) is 7.21. The van der Waals surface area contributed by atoms with Gasteiger partial charge in [-0.25, -0.2) is 4.57 Å². The van der Waals surface area contributed by atoms with Gasteiger partial charge in [-0.05, 0) is 12.1 Å². The molecule has 0 aliphatic carbocycles. The lowest BCUT2D eigenvalue weighted by Gasteiger charge is -2.07. The van der Waals surface area contributed by atoms with E-state index in [2.05, 4.69) is 36.4 Å². The van der Waals surface area contributed by atoms with Gasteiger partial charge in [0.2, 0.25) is 0 Å². The standard InChI is InChI=1S/C3H7Br2O4P.2C3H9N/c4-1-3(5)2-9-10(6,7)8;2*1-3(2)4/h3H,1-2H2,(H2,6,7,8);2*3H,4H2,1-2H3. The van der Waals surface area contributed by atoms with Crippen molar-refractivity contribution in [2.45, 2.75) is 44.6 Å². The molecular weight excluding hydrogens is 391 g/mol. The fourth-order valence-electron chi connectivity index (χ4n) is 0.223. The second-order valence-electron chi connectivity index (χ2n) is 4.03. The molecule has 0 aliphatic rings. The van der Waals surface area contributed by atoms with Crippen molar-refractivity contribution in [2.24, 2.45) is 11.5 Å². The molecule has 1 atom stereocenters. The monoisotopic (exact) mass is 414 g/mol. The zero-order chi connectivity index (χ0) is 15.4. The van der Waals surface area contributed by atoms with Gasteiger partial charge in [-0.1, -0.05) is 59.6 Å². The first-order valence-electron chi connectivity index (χ1n) is 5.33. The van der Waals surface area contributed by atoms with E-state index in [4.69, 9.17) is 21.3 Å². The smallest absolute Gasteiger partial charge is 0.328 e. The average Bonchev–Trinajstić information content (AvgIpc) is 2.11. The zero-order valence-electron chi connectivity index (χ0n) is 11.2. The molecule has 9 heteroatoms. The van der Waals surface area contributed by atoms with E-state index in [0.717, 1.165) is 0 Å². The molecule has 0 fully saturated rings. The van der Waals surface area contributed by atoms with Crippen LogP contribution in [0.2, 0.25) is 0 Å². The molecule has 114 valence electrons. The van der Waals surface area contributed by atoms with E-state index >= 15 is 0 Å². The first kappa shape index (κ1) is 24.0. The van der Waals surface area contributed by atoms with Crippen molar-refractivity contribution in [3.63, 3.8) is 0 Å². The Morgan fingerprint density at radius 1 is 1.17 bits per heavy atom. The van der Waals surface area contributed by atoms with Gasteiger partial charge in [0.15, 0.2) is 0 Å². The lowest BCUT2D eigenvalue weighted by atomic mass is 10.4. The molecule has 0 aromatic heterocycles. The van der Waals surface area contributed by atoms with Gasteiger partial charge in [0.25, 0.3) is 0 Å². The Morgan fingerprint density at radius 3 is 1.61 bits per heavy atom. The van der Waals surface area contributed by atoms with Crippen LogP contribution in [0.5, 0.6) is 0 Å². The van der Waals surface area contributed by atoms with Crippen LogP contribution in [0.25, 0.3) is 0 Å². The van der Waals surface area contributed by atoms with Crippen molar-refractivity contribution < 1.29 is 18.9 Å². The highest BCUT2D eigenvalue weighted by Gasteiger charge is 2.15. The van der Waals surface area contributed by atoms with E-state index in [9.17, 15) is 4.57 Å². The van der Waals surface area contributed by atoms with E-state index in [1.54, 1.807) is 0 Å². The SMILES string of the molecule is CC(C)N.CC(C)N.O=P(O)(O)OCC(Br)CBr. The second kappa shape index (κ2) is 14.4. The van der Waals surface area contributed by atoms with Crippen molar-refractivity contribution in [2.75, 3.05) is 11.9 Å². The van der Waals surface area contributed by atoms with E-state index in [1.807, 2.05) is 27.7 Å². The predicted octanol–water partition coefficient (Wildman–Crippen LogP) is 1.96. The maximum absolute atomic E-state index is 10.1. The van der Waals surface area contributed by atoms with Crippen molar-refractivity contribution in [3.05, 3.63) is 0 Å². The highest BCUT2D eigenvalue weighted by Crippen LogP contribution is 2.36. The van der Waals surface area contributed by atoms with Crippen LogP contribution < -0.4 is 11.5 Å². The molecule has 0 aromatic carbocycles. The normalized spacial score (nSPS) is 12.4. The van der Waals surface area contributed by atoms with Gasteiger partial charge < -0.3 is 21.3 Å². The highest BCUT2D eigenvalue weighted by molar-refractivity contribution is 9.12. The minimum atomic E-state index is -4.28. The summed E-state index contributed by atoms with van der Waals surface area (Å²) in [6.45, 7) is 7.77. The summed E-state index contributed by atoms with van der Waals surface area (Å²) < 4.78 is 14.3. The molecule has 0 bridgehead atoms. The summed E-state index contributed by atoms with van der Waals surface area (Å²) in [6, 6.07) is 0.667. The Labute approximate surface area is 126 Å². The minimum Gasteiger partial charge on any atom is -0.328 e. The van der Waals surface area contributed by atoms with Crippen LogP contribution in [0, 0.1) is 0 Å². The Kier molecular flexibility index (Phi) is 19.2. The van der Waals surface area contributed by atoms with Crippen LogP contribution >= 0.6 is 39.7 Å². The van der Waals surface area contributed by atoms with Gasteiger partial charge in [0.1, 0.15) is 0 Å². The molecule has 0 saturated heterocycles. The van der Waals surface area contributed by atoms with E-state index in [0.29, 0.717) is 17.4 Å². The highest BCUT2D eigenvalue weighted by atomic mass is 79.9. The van der Waals surface area contributed by atoms with Crippen LogP contribution in [0.4, 0.5) is 0 Å². The maximum Gasteiger partial charge on any atom is 0.469 e. The molecule has 1 unspecified atom stereocenters. The quantitative estimate of drug-likeness (QED) is 0.411. The van der Waals surface area contributed by atoms with Crippen LogP contribution in [0.3, 0.4) is 0 Å². The fourth-order valence-corrected chi connectivity index (χ4v) is 1.12. The third kappa shape index (κ3) is 53.7. The van der Waals surface area contributed by atoms with Crippen LogP contribution in [-0.4, -0.2) is 38.6 Å². The largest absolute Gasteiger partial charge is 0.469 e. The van der Waals surface area contributed by atoms with Crippen molar-refractivity contribution in [3.8, 4) is 0 Å². The Hall–Kier alpha value is 0.990. The number of phosphoric acid groups is 1. The summed E-state index contributed by atoms with van der Waals surface area (Å²) in [7, 11) is -4.28. The predicted molar refractivity (Wildman–Crippen MR) is 83.2 cm³/mol. The Morgan fingerprint density at radius 2 is 1.44 bits per heavy atom. The zero-order valence-corrected chi connectivity index (χ0v) is 15.3. The number of rotatable bonds is 4. The molecule has 18 heavy (non-hydrogen) atoms. The lowest BCUT2D eigenvalue weighted by Crippen LogP contribution is -2.08. The summed E-state index contributed by atoms with van der Waals surface area (Å²) >= 11 is 6.22. The maximum atomic E-state index is 10.1. The topological polar surface area (TPSA) is 119 Å². The van der Waals surface area contributed by atoms with E-state index in [1.165, 1.54) is 0 Å². The lowest BCUT2D eigenvalue weighted by molar-refractivity contribution is 0.201. The number of hydrogen-bond acceptors (Lipinski definition) is 4. The number of phosphoric ester groups is 1. The molecule has 6 nitrogen and oxygen atoms in total. The van der Waals surface area contributed by atoms with E-state index < -0.39 is 7.82 Å². The molecular formula is C9H25Br2N2O4P. The third-order valence-electron chi connectivity index (χ3n) is 0.591. The Bertz CT molecular complexity index is 203. The Balaban J connectivity index is -0.000000233. The number of halogens is 2. The van der Waals surface area contributed by atoms with Gasteiger partial charge in [0, 0.05) is 10.2 Å². The summed E-state index contributed by atoms with van der Waals surface area (Å²) in [6.07, 6.45) is 0. The number of nitrogens with two attached hydrogens (primary N) is 2. The first-order chi connectivity index (χ1) is 7.92. The van der Waals surface area contributed by atoms with Crippen molar-refractivity contribution in [1.29, 1.82) is 0 Å². The van der Waals surface area contributed by atoms with Crippen LogP contribution in [0.1, 0.15) is 27.7 Å². The van der Waals surface area contributed by atoms with E-state index in [-0.39, 0.29) is 11.4 Å². The van der Waals surface area contributed by atoms with Gasteiger partial charge in [-0.3, -0.25) is 4.52 Å². The summed E-state index contributed by atoms with van der Waals surface area (Å²) in [5, 5.41) is 0.590. The van der Waals surface area contributed by atoms with Gasteiger partial charge in [-0.2, -0.15) is 0 Å². The molecule has 0 aliphatic heterocycles. The average molecular weight is 416 g/mol. The number of hydrogen-bond donors (Lipinski definition) is 4. The molecule has 0 radical (unpaired) electrons. The van der Waals surface area contributed by atoms with Crippen LogP contribution in [0.15, 0.2) is 0 Å². The molecule has 6 N–H and O–H groups in total. The van der Waals surface area contributed by atoms with Crippen molar-refractivity contribution >= 4 is 39.7 Å². The summed E-state index contributed by atoms with van der Waals surface area (Å²) in [4.78, 5) is 16.4. The summed E-state index contributed by atoms with van der Waals surface area (Å²) in [5.74, 6) is 0. The first-order valence-corrected chi connectivity index (χ1v) is 8.90. The molecule has 0 aromatic rings. The molecule has 0 rings (SSSR count).